The SMILES string of the molecule is CCN1CCN(C(=O)C2CCN(Cc3ccc(OCc4ccccc4)c(OC)c3)CC2)CC1. The van der Waals surface area contributed by atoms with Crippen molar-refractivity contribution < 1.29 is 14.3 Å². The second kappa shape index (κ2) is 11.5. The summed E-state index contributed by atoms with van der Waals surface area (Å²) >= 11 is 0. The molecule has 2 saturated heterocycles. The molecule has 0 N–H and O–H groups in total. The van der Waals surface area contributed by atoms with Crippen molar-refractivity contribution in [1.29, 1.82) is 0 Å². The Labute approximate surface area is 198 Å². The van der Waals surface area contributed by atoms with Gasteiger partial charge in [-0.25, -0.2) is 0 Å². The van der Waals surface area contributed by atoms with Crippen LogP contribution in [0.5, 0.6) is 11.5 Å². The summed E-state index contributed by atoms with van der Waals surface area (Å²) in [7, 11) is 1.69. The fourth-order valence-corrected chi connectivity index (χ4v) is 4.80. The van der Waals surface area contributed by atoms with E-state index in [9.17, 15) is 4.79 Å². The van der Waals surface area contributed by atoms with Crippen LogP contribution in [0.15, 0.2) is 48.5 Å². The summed E-state index contributed by atoms with van der Waals surface area (Å²) < 4.78 is 11.6. The Hall–Kier alpha value is -2.57. The summed E-state index contributed by atoms with van der Waals surface area (Å²) in [4.78, 5) is 19.9. The molecular formula is C27H37N3O3. The Kier molecular flexibility index (Phi) is 8.24. The van der Waals surface area contributed by atoms with E-state index in [1.165, 1.54) is 5.56 Å². The number of ether oxygens (including phenoxy) is 2. The van der Waals surface area contributed by atoms with Crippen molar-refractivity contribution in [3.63, 3.8) is 0 Å². The van der Waals surface area contributed by atoms with E-state index >= 15 is 0 Å². The first kappa shape index (κ1) is 23.6. The molecule has 0 aliphatic carbocycles. The van der Waals surface area contributed by atoms with Gasteiger partial charge in [-0.1, -0.05) is 43.3 Å². The molecule has 2 fully saturated rings. The largest absolute Gasteiger partial charge is 0.493 e. The van der Waals surface area contributed by atoms with Crippen LogP contribution in [-0.2, 0) is 17.9 Å². The van der Waals surface area contributed by atoms with Crippen LogP contribution >= 0.6 is 0 Å². The highest BCUT2D eigenvalue weighted by Crippen LogP contribution is 2.30. The Bertz CT molecular complexity index is 889. The molecule has 0 aromatic heterocycles. The molecule has 33 heavy (non-hydrogen) atoms. The van der Waals surface area contributed by atoms with E-state index in [0.717, 1.165) is 82.3 Å². The van der Waals surface area contributed by atoms with Gasteiger partial charge < -0.3 is 19.3 Å². The Balaban J connectivity index is 1.26. The second-order valence-electron chi connectivity index (χ2n) is 9.07. The van der Waals surface area contributed by atoms with Crippen LogP contribution in [-0.4, -0.2) is 73.5 Å². The lowest BCUT2D eigenvalue weighted by Gasteiger charge is -2.38. The third kappa shape index (κ3) is 6.27. The van der Waals surface area contributed by atoms with Gasteiger partial charge in [-0.3, -0.25) is 9.69 Å². The zero-order valence-corrected chi connectivity index (χ0v) is 20.0. The number of carbonyl (C=O) groups is 1. The van der Waals surface area contributed by atoms with E-state index in [2.05, 4.69) is 45.9 Å². The first-order chi connectivity index (χ1) is 16.2. The molecule has 2 aromatic rings. The first-order valence-electron chi connectivity index (χ1n) is 12.2. The van der Waals surface area contributed by atoms with Crippen molar-refractivity contribution in [3.8, 4) is 11.5 Å². The summed E-state index contributed by atoms with van der Waals surface area (Å²) in [5.74, 6) is 2.07. The highest BCUT2D eigenvalue weighted by molar-refractivity contribution is 5.79. The maximum Gasteiger partial charge on any atom is 0.225 e. The van der Waals surface area contributed by atoms with Crippen molar-refractivity contribution in [3.05, 3.63) is 59.7 Å². The maximum atomic E-state index is 13.0. The topological polar surface area (TPSA) is 45.2 Å². The zero-order chi connectivity index (χ0) is 23.0. The van der Waals surface area contributed by atoms with E-state index in [1.807, 2.05) is 24.3 Å². The van der Waals surface area contributed by atoms with Crippen molar-refractivity contribution in [2.24, 2.45) is 5.92 Å². The first-order valence-corrected chi connectivity index (χ1v) is 12.2. The number of likely N-dealkylation sites (tertiary alicyclic amines) is 1. The van der Waals surface area contributed by atoms with E-state index < -0.39 is 0 Å². The predicted molar refractivity (Wildman–Crippen MR) is 130 cm³/mol. The summed E-state index contributed by atoms with van der Waals surface area (Å²) in [5, 5.41) is 0. The molecule has 2 aliphatic heterocycles. The lowest BCUT2D eigenvalue weighted by molar-refractivity contribution is -0.138. The number of methoxy groups -OCH3 is 1. The Morgan fingerprint density at radius 2 is 1.61 bits per heavy atom. The molecule has 4 rings (SSSR count). The lowest BCUT2D eigenvalue weighted by atomic mass is 9.94. The van der Waals surface area contributed by atoms with Crippen LogP contribution in [0.2, 0.25) is 0 Å². The second-order valence-corrected chi connectivity index (χ2v) is 9.07. The van der Waals surface area contributed by atoms with Gasteiger partial charge in [-0.2, -0.15) is 0 Å². The number of rotatable bonds is 8. The van der Waals surface area contributed by atoms with Crippen LogP contribution in [0.1, 0.15) is 30.9 Å². The fourth-order valence-electron chi connectivity index (χ4n) is 4.80. The van der Waals surface area contributed by atoms with Gasteiger partial charge in [-0.05, 0) is 55.7 Å². The average Bonchev–Trinajstić information content (AvgIpc) is 2.88. The minimum atomic E-state index is 0.178. The van der Waals surface area contributed by atoms with E-state index in [-0.39, 0.29) is 5.92 Å². The van der Waals surface area contributed by atoms with Crippen molar-refractivity contribution in [2.45, 2.75) is 32.9 Å². The molecule has 0 spiro atoms. The minimum absolute atomic E-state index is 0.178. The number of amides is 1. The zero-order valence-electron chi connectivity index (χ0n) is 20.0. The van der Waals surface area contributed by atoms with Gasteiger partial charge >= 0.3 is 0 Å². The van der Waals surface area contributed by atoms with Gasteiger partial charge in [0.25, 0.3) is 0 Å². The van der Waals surface area contributed by atoms with E-state index in [1.54, 1.807) is 7.11 Å². The number of likely N-dealkylation sites (N-methyl/N-ethyl adjacent to an activating group) is 1. The summed E-state index contributed by atoms with van der Waals surface area (Å²) in [6.07, 6.45) is 1.89. The molecule has 0 radical (unpaired) electrons. The van der Waals surface area contributed by atoms with Crippen molar-refractivity contribution in [1.82, 2.24) is 14.7 Å². The summed E-state index contributed by atoms with van der Waals surface area (Å²) in [5.41, 5.74) is 2.34. The molecule has 0 saturated carbocycles. The molecule has 178 valence electrons. The molecule has 2 aliphatic rings. The van der Waals surface area contributed by atoms with Crippen LogP contribution in [0, 0.1) is 5.92 Å². The fraction of sp³-hybridized carbons (Fsp3) is 0.519. The quantitative estimate of drug-likeness (QED) is 0.613. The lowest BCUT2D eigenvalue weighted by Crippen LogP contribution is -2.51. The minimum Gasteiger partial charge on any atom is -0.493 e. The number of benzene rings is 2. The number of piperidine rings is 1. The average molecular weight is 452 g/mol. The number of hydrogen-bond donors (Lipinski definition) is 0. The van der Waals surface area contributed by atoms with Crippen LogP contribution in [0.4, 0.5) is 0 Å². The standard InChI is InChI=1S/C27H37N3O3/c1-3-28-15-17-30(18-16-28)27(31)24-11-13-29(14-12-24)20-23-9-10-25(26(19-23)32-2)33-21-22-7-5-4-6-8-22/h4-10,19,24H,3,11-18,20-21H2,1-2H3. The molecule has 2 aromatic carbocycles. The molecule has 2 heterocycles. The summed E-state index contributed by atoms with van der Waals surface area (Å²) in [6.45, 7) is 10.3. The van der Waals surface area contributed by atoms with Crippen LogP contribution in [0.25, 0.3) is 0 Å². The van der Waals surface area contributed by atoms with Gasteiger partial charge in [0, 0.05) is 38.6 Å². The van der Waals surface area contributed by atoms with Gasteiger partial charge in [0.05, 0.1) is 7.11 Å². The highest BCUT2D eigenvalue weighted by Gasteiger charge is 2.30. The van der Waals surface area contributed by atoms with Crippen molar-refractivity contribution >= 4 is 5.91 Å². The third-order valence-corrected chi connectivity index (χ3v) is 6.94. The Morgan fingerprint density at radius 3 is 2.27 bits per heavy atom. The molecule has 1 amide bonds. The molecule has 0 atom stereocenters. The van der Waals surface area contributed by atoms with E-state index in [0.29, 0.717) is 12.5 Å². The monoisotopic (exact) mass is 451 g/mol. The molecule has 0 bridgehead atoms. The van der Waals surface area contributed by atoms with Gasteiger partial charge in [-0.15, -0.1) is 0 Å². The van der Waals surface area contributed by atoms with E-state index in [4.69, 9.17) is 9.47 Å². The highest BCUT2D eigenvalue weighted by atomic mass is 16.5. The predicted octanol–water partition coefficient (Wildman–Crippen LogP) is 3.65. The van der Waals surface area contributed by atoms with Crippen LogP contribution in [0.3, 0.4) is 0 Å². The molecule has 0 unspecified atom stereocenters. The normalized spacial score (nSPS) is 18.3. The third-order valence-electron chi connectivity index (χ3n) is 6.94. The van der Waals surface area contributed by atoms with Crippen LogP contribution < -0.4 is 9.47 Å². The molecule has 6 heteroatoms. The van der Waals surface area contributed by atoms with Crippen molar-refractivity contribution in [2.75, 3.05) is 52.9 Å². The number of carbonyl (C=O) groups excluding carboxylic acids is 1. The number of piperazine rings is 1. The van der Waals surface area contributed by atoms with Gasteiger partial charge in [0.1, 0.15) is 6.61 Å². The smallest absolute Gasteiger partial charge is 0.225 e. The Morgan fingerprint density at radius 1 is 0.879 bits per heavy atom. The maximum absolute atomic E-state index is 13.0. The number of hydrogen-bond acceptors (Lipinski definition) is 5. The number of nitrogens with zero attached hydrogens (tertiary/aromatic N) is 3. The van der Waals surface area contributed by atoms with Gasteiger partial charge in [0.15, 0.2) is 11.5 Å². The molecular weight excluding hydrogens is 414 g/mol. The summed E-state index contributed by atoms with van der Waals surface area (Å²) in [6, 6.07) is 16.3. The van der Waals surface area contributed by atoms with Gasteiger partial charge in [0.2, 0.25) is 5.91 Å². The molecule has 6 nitrogen and oxygen atoms in total.